The molecule has 1 atom stereocenters. The molecule has 1 aromatic heterocycles. The highest BCUT2D eigenvalue weighted by Gasteiger charge is 2.23. The van der Waals surface area contributed by atoms with Crippen molar-refractivity contribution >= 4 is 5.82 Å². The van der Waals surface area contributed by atoms with Gasteiger partial charge >= 0.3 is 0 Å². The molecule has 1 aliphatic heterocycles. The van der Waals surface area contributed by atoms with Crippen LogP contribution in [0.15, 0.2) is 12.1 Å². The van der Waals surface area contributed by atoms with E-state index in [0.717, 1.165) is 36.5 Å². The van der Waals surface area contributed by atoms with Gasteiger partial charge in [0.2, 0.25) is 0 Å². The van der Waals surface area contributed by atoms with E-state index in [1.54, 1.807) is 0 Å². The smallest absolute Gasteiger partial charge is 0.133 e. The maximum atomic E-state index is 9.58. The number of pyridine rings is 1. The monoisotopic (exact) mass is 249 g/mol. The van der Waals surface area contributed by atoms with Crippen molar-refractivity contribution in [3.63, 3.8) is 0 Å². The second-order valence-electron chi connectivity index (χ2n) is 5.02. The molecule has 3 N–H and O–H groups in total. The summed E-state index contributed by atoms with van der Waals surface area (Å²) in [7, 11) is 0. The Balaban J connectivity index is 2.34. The molecule has 1 fully saturated rings. The second kappa shape index (κ2) is 6.16. The molecular weight excluding hydrogens is 226 g/mol. The molecule has 0 aliphatic carbocycles. The Morgan fingerprint density at radius 3 is 2.94 bits per heavy atom. The Labute approximate surface area is 109 Å². The zero-order valence-corrected chi connectivity index (χ0v) is 11.1. The summed E-state index contributed by atoms with van der Waals surface area (Å²) in [4.78, 5) is 6.89. The highest BCUT2D eigenvalue weighted by molar-refractivity contribution is 5.49. The molecule has 1 saturated heterocycles. The van der Waals surface area contributed by atoms with E-state index in [2.05, 4.69) is 16.0 Å². The van der Waals surface area contributed by atoms with E-state index < -0.39 is 0 Å². The van der Waals surface area contributed by atoms with E-state index in [0.29, 0.717) is 6.54 Å². The molecule has 1 aromatic rings. The number of hydrogen-bond acceptors (Lipinski definition) is 4. The molecule has 0 amide bonds. The number of rotatable bonds is 3. The van der Waals surface area contributed by atoms with Crippen LogP contribution in [0.2, 0.25) is 0 Å². The summed E-state index contributed by atoms with van der Waals surface area (Å²) in [5, 5.41) is 9.58. The average molecular weight is 249 g/mol. The zero-order valence-electron chi connectivity index (χ0n) is 11.1. The number of aliphatic hydroxyl groups is 1. The minimum absolute atomic E-state index is 0.187. The van der Waals surface area contributed by atoms with Gasteiger partial charge in [-0.15, -0.1) is 0 Å². The van der Waals surface area contributed by atoms with Gasteiger partial charge in [0.05, 0.1) is 12.6 Å². The lowest BCUT2D eigenvalue weighted by atomic mass is 10.1. The number of anilines is 1. The van der Waals surface area contributed by atoms with Crippen LogP contribution >= 0.6 is 0 Å². The number of aromatic nitrogens is 1. The van der Waals surface area contributed by atoms with Crippen LogP contribution in [0.25, 0.3) is 0 Å². The van der Waals surface area contributed by atoms with Crippen LogP contribution in [0.4, 0.5) is 5.82 Å². The van der Waals surface area contributed by atoms with E-state index in [9.17, 15) is 5.11 Å². The minimum Gasteiger partial charge on any atom is -0.394 e. The lowest BCUT2D eigenvalue weighted by Gasteiger charge is -2.31. The maximum Gasteiger partial charge on any atom is 0.133 e. The van der Waals surface area contributed by atoms with E-state index in [-0.39, 0.29) is 12.6 Å². The van der Waals surface area contributed by atoms with Crippen molar-refractivity contribution in [2.45, 2.75) is 45.2 Å². The quantitative estimate of drug-likeness (QED) is 0.854. The van der Waals surface area contributed by atoms with Gasteiger partial charge in [-0.2, -0.15) is 0 Å². The van der Waals surface area contributed by atoms with Crippen molar-refractivity contribution in [3.8, 4) is 0 Å². The van der Waals surface area contributed by atoms with Gasteiger partial charge < -0.3 is 15.7 Å². The van der Waals surface area contributed by atoms with Crippen molar-refractivity contribution in [3.05, 3.63) is 23.4 Å². The van der Waals surface area contributed by atoms with E-state index in [4.69, 9.17) is 5.73 Å². The fourth-order valence-corrected chi connectivity index (χ4v) is 2.63. The number of aliphatic hydroxyl groups excluding tert-OH is 1. The summed E-state index contributed by atoms with van der Waals surface area (Å²) in [5.41, 5.74) is 7.88. The fraction of sp³-hybridized carbons (Fsp3) is 0.643. The third-order valence-electron chi connectivity index (χ3n) is 3.68. The lowest BCUT2D eigenvalue weighted by Crippen LogP contribution is -2.39. The molecule has 1 aliphatic rings. The first-order valence-electron chi connectivity index (χ1n) is 6.80. The van der Waals surface area contributed by atoms with Crippen LogP contribution in [0.1, 0.15) is 36.9 Å². The van der Waals surface area contributed by atoms with Crippen molar-refractivity contribution in [2.75, 3.05) is 18.1 Å². The predicted octanol–water partition coefficient (Wildman–Crippen LogP) is 1.59. The first-order chi connectivity index (χ1) is 8.76. The standard InChI is InChI=1S/C14H23N3O/c1-11-6-7-12(9-15)14(16-11)17-8-4-2-3-5-13(17)10-18/h6-7,13,18H,2-5,8-10,15H2,1H3. The molecule has 0 aromatic carbocycles. The molecular formula is C14H23N3O. The van der Waals surface area contributed by atoms with Crippen LogP contribution in [0, 0.1) is 6.92 Å². The Bertz CT molecular complexity index is 395. The van der Waals surface area contributed by atoms with E-state index >= 15 is 0 Å². The topological polar surface area (TPSA) is 62.4 Å². The van der Waals surface area contributed by atoms with Crippen LogP contribution in [-0.2, 0) is 6.54 Å². The van der Waals surface area contributed by atoms with E-state index in [1.807, 2.05) is 13.0 Å². The summed E-state index contributed by atoms with van der Waals surface area (Å²) in [6.07, 6.45) is 4.62. The zero-order chi connectivity index (χ0) is 13.0. The number of hydrogen-bond donors (Lipinski definition) is 2. The summed E-state index contributed by atoms with van der Waals surface area (Å²) in [6, 6.07) is 4.24. The normalized spacial score (nSPS) is 20.8. The second-order valence-corrected chi connectivity index (χ2v) is 5.02. The van der Waals surface area contributed by atoms with Gasteiger partial charge in [-0.1, -0.05) is 18.9 Å². The van der Waals surface area contributed by atoms with Gasteiger partial charge in [-0.05, 0) is 25.8 Å². The summed E-state index contributed by atoms with van der Waals surface area (Å²) in [6.45, 7) is 3.65. The first kappa shape index (κ1) is 13.3. The largest absolute Gasteiger partial charge is 0.394 e. The molecule has 4 nitrogen and oxygen atoms in total. The number of nitrogens with zero attached hydrogens (tertiary/aromatic N) is 2. The molecule has 2 heterocycles. The average Bonchev–Trinajstić information content (AvgIpc) is 2.63. The molecule has 0 bridgehead atoms. The van der Waals surface area contributed by atoms with Gasteiger partial charge in [0.15, 0.2) is 0 Å². The molecule has 1 unspecified atom stereocenters. The van der Waals surface area contributed by atoms with Crippen LogP contribution in [0.5, 0.6) is 0 Å². The third kappa shape index (κ3) is 2.82. The summed E-state index contributed by atoms with van der Waals surface area (Å²) < 4.78 is 0. The molecule has 0 spiro atoms. The van der Waals surface area contributed by atoms with Gasteiger partial charge in [-0.25, -0.2) is 4.98 Å². The minimum atomic E-state index is 0.187. The fourth-order valence-electron chi connectivity index (χ4n) is 2.63. The Morgan fingerprint density at radius 1 is 1.39 bits per heavy atom. The Hall–Kier alpha value is -1.13. The summed E-state index contributed by atoms with van der Waals surface area (Å²) in [5.74, 6) is 0.971. The highest BCUT2D eigenvalue weighted by atomic mass is 16.3. The Kier molecular flexibility index (Phi) is 4.55. The molecule has 2 rings (SSSR count). The van der Waals surface area contributed by atoms with Gasteiger partial charge in [-0.3, -0.25) is 0 Å². The Morgan fingerprint density at radius 2 is 2.22 bits per heavy atom. The number of aryl methyl sites for hydroxylation is 1. The molecule has 18 heavy (non-hydrogen) atoms. The molecule has 0 radical (unpaired) electrons. The maximum absolute atomic E-state index is 9.58. The van der Waals surface area contributed by atoms with Gasteiger partial charge in [0.1, 0.15) is 5.82 Å². The van der Waals surface area contributed by atoms with Crippen molar-refractivity contribution in [2.24, 2.45) is 5.73 Å². The molecule has 0 saturated carbocycles. The molecule has 4 heteroatoms. The third-order valence-corrected chi connectivity index (χ3v) is 3.68. The van der Waals surface area contributed by atoms with Crippen LogP contribution in [-0.4, -0.2) is 29.3 Å². The lowest BCUT2D eigenvalue weighted by molar-refractivity contribution is 0.254. The molecule has 100 valence electrons. The summed E-state index contributed by atoms with van der Waals surface area (Å²) >= 11 is 0. The predicted molar refractivity (Wildman–Crippen MR) is 73.6 cm³/mol. The highest BCUT2D eigenvalue weighted by Crippen LogP contribution is 2.25. The van der Waals surface area contributed by atoms with Crippen molar-refractivity contribution in [1.82, 2.24) is 4.98 Å². The van der Waals surface area contributed by atoms with Crippen molar-refractivity contribution < 1.29 is 5.11 Å². The van der Waals surface area contributed by atoms with Crippen molar-refractivity contribution in [1.29, 1.82) is 0 Å². The van der Waals surface area contributed by atoms with Crippen LogP contribution < -0.4 is 10.6 Å². The first-order valence-corrected chi connectivity index (χ1v) is 6.80. The van der Waals surface area contributed by atoms with Gasteiger partial charge in [0.25, 0.3) is 0 Å². The number of nitrogens with two attached hydrogens (primary N) is 1. The van der Waals surface area contributed by atoms with Gasteiger partial charge in [0, 0.05) is 24.3 Å². The van der Waals surface area contributed by atoms with E-state index in [1.165, 1.54) is 12.8 Å². The SMILES string of the molecule is Cc1ccc(CN)c(N2CCCCCC2CO)n1. The van der Waals surface area contributed by atoms with Crippen LogP contribution in [0.3, 0.4) is 0 Å².